The minimum atomic E-state index is -0.250. The summed E-state index contributed by atoms with van der Waals surface area (Å²) in [4.78, 5) is 2.29. The molecule has 3 heterocycles. The largest absolute Gasteiger partial charge is 0.390 e. The number of nitrogens with zero attached hydrogens (tertiary/aromatic N) is 4. The van der Waals surface area contributed by atoms with Crippen LogP contribution in [0.4, 0.5) is 0 Å². The molecule has 2 aliphatic rings. The van der Waals surface area contributed by atoms with Gasteiger partial charge < -0.3 is 15.0 Å². The van der Waals surface area contributed by atoms with E-state index < -0.39 is 0 Å². The van der Waals surface area contributed by atoms with Gasteiger partial charge in [-0.2, -0.15) is 0 Å². The Bertz CT molecular complexity index is 352. The van der Waals surface area contributed by atoms with Crippen LogP contribution in [0.5, 0.6) is 0 Å². The van der Waals surface area contributed by atoms with Gasteiger partial charge >= 0.3 is 0 Å². The summed E-state index contributed by atoms with van der Waals surface area (Å²) in [5.74, 6) is 1.00. The fourth-order valence-corrected chi connectivity index (χ4v) is 2.39. The highest BCUT2D eigenvalue weighted by Gasteiger charge is 2.32. The monoisotopic (exact) mass is 209 g/mol. The Kier molecular flexibility index (Phi) is 2.19. The van der Waals surface area contributed by atoms with Crippen LogP contribution in [0.15, 0.2) is 6.33 Å². The Morgan fingerprint density at radius 3 is 3.13 bits per heavy atom. The molecule has 2 N–H and O–H groups in total. The number of aromatic nitrogens is 3. The maximum atomic E-state index is 9.79. The van der Waals surface area contributed by atoms with E-state index in [1.54, 1.807) is 6.33 Å². The van der Waals surface area contributed by atoms with Gasteiger partial charge in [0.2, 0.25) is 0 Å². The van der Waals surface area contributed by atoms with Crippen LogP contribution in [-0.4, -0.2) is 56.6 Å². The summed E-state index contributed by atoms with van der Waals surface area (Å²) in [7, 11) is 0. The van der Waals surface area contributed by atoms with E-state index in [1.165, 1.54) is 0 Å². The molecule has 6 heteroatoms. The lowest BCUT2D eigenvalue weighted by atomic mass is 10.1. The van der Waals surface area contributed by atoms with Crippen LogP contribution in [-0.2, 0) is 13.1 Å². The summed E-state index contributed by atoms with van der Waals surface area (Å²) in [6, 6.07) is 0.232. The summed E-state index contributed by atoms with van der Waals surface area (Å²) in [5, 5.41) is 21.0. The van der Waals surface area contributed by atoms with E-state index in [4.69, 9.17) is 0 Å². The Morgan fingerprint density at radius 2 is 2.33 bits per heavy atom. The molecule has 0 aliphatic carbocycles. The Hall–Kier alpha value is -0.980. The van der Waals surface area contributed by atoms with Crippen molar-refractivity contribution in [1.29, 1.82) is 0 Å². The summed E-state index contributed by atoms with van der Waals surface area (Å²) in [5.41, 5.74) is 0. The van der Waals surface area contributed by atoms with Gasteiger partial charge in [-0.25, -0.2) is 0 Å². The van der Waals surface area contributed by atoms with Gasteiger partial charge in [0.1, 0.15) is 12.2 Å². The Balaban J connectivity index is 1.75. The van der Waals surface area contributed by atoms with E-state index in [1.807, 2.05) is 0 Å². The number of hydrogen-bond donors (Lipinski definition) is 2. The first-order valence-corrected chi connectivity index (χ1v) is 5.34. The molecular weight excluding hydrogens is 194 g/mol. The molecule has 0 aromatic carbocycles. The Labute approximate surface area is 87.9 Å². The normalized spacial score (nSPS) is 31.8. The van der Waals surface area contributed by atoms with Crippen LogP contribution < -0.4 is 5.32 Å². The van der Waals surface area contributed by atoms with Gasteiger partial charge in [-0.05, 0) is 0 Å². The predicted octanol–water partition coefficient (Wildman–Crippen LogP) is -1.57. The molecule has 1 fully saturated rings. The lowest BCUT2D eigenvalue weighted by Crippen LogP contribution is -2.46. The minimum Gasteiger partial charge on any atom is -0.390 e. The summed E-state index contributed by atoms with van der Waals surface area (Å²) >= 11 is 0. The van der Waals surface area contributed by atoms with Crippen molar-refractivity contribution in [3.05, 3.63) is 12.2 Å². The Morgan fingerprint density at radius 1 is 1.40 bits per heavy atom. The van der Waals surface area contributed by atoms with Crippen molar-refractivity contribution in [1.82, 2.24) is 25.0 Å². The van der Waals surface area contributed by atoms with Gasteiger partial charge in [0.25, 0.3) is 0 Å². The van der Waals surface area contributed by atoms with Crippen LogP contribution in [0.25, 0.3) is 0 Å². The third kappa shape index (κ3) is 1.54. The second-order valence-electron chi connectivity index (χ2n) is 4.20. The molecular formula is C9H15N5O. The average Bonchev–Trinajstić information content (AvgIpc) is 2.84. The summed E-state index contributed by atoms with van der Waals surface area (Å²) in [6.45, 7) is 4.26. The van der Waals surface area contributed by atoms with Crippen molar-refractivity contribution < 1.29 is 5.11 Å². The van der Waals surface area contributed by atoms with Crippen molar-refractivity contribution in [2.75, 3.05) is 19.6 Å². The average molecular weight is 209 g/mol. The van der Waals surface area contributed by atoms with Crippen LogP contribution in [0, 0.1) is 0 Å². The standard InChI is InChI=1S/C9H15N5O/c15-8-4-10-3-7(8)13-1-2-14-6-11-12-9(14)5-13/h6-8,10,15H,1-5H2. The van der Waals surface area contributed by atoms with Crippen molar-refractivity contribution in [2.24, 2.45) is 0 Å². The number of rotatable bonds is 1. The zero-order valence-corrected chi connectivity index (χ0v) is 8.50. The van der Waals surface area contributed by atoms with Crippen molar-refractivity contribution in [3.8, 4) is 0 Å². The number of hydrogen-bond acceptors (Lipinski definition) is 5. The van der Waals surface area contributed by atoms with E-state index in [9.17, 15) is 5.11 Å². The molecule has 1 saturated heterocycles. The lowest BCUT2D eigenvalue weighted by molar-refractivity contribution is 0.0646. The maximum Gasteiger partial charge on any atom is 0.147 e. The third-order valence-corrected chi connectivity index (χ3v) is 3.29. The van der Waals surface area contributed by atoms with Crippen LogP contribution in [0.2, 0.25) is 0 Å². The zero-order valence-electron chi connectivity index (χ0n) is 8.50. The van der Waals surface area contributed by atoms with Crippen molar-refractivity contribution in [2.45, 2.75) is 25.2 Å². The SMILES string of the molecule is OC1CNCC1N1CCn2cnnc2C1. The molecule has 15 heavy (non-hydrogen) atoms. The molecule has 0 amide bonds. The topological polar surface area (TPSA) is 66.2 Å². The van der Waals surface area contributed by atoms with Gasteiger partial charge in [0.05, 0.1) is 12.6 Å². The number of β-amino-alcohol motifs (C(OH)–C–C–N with tert-alkyl or cyclic N) is 1. The first-order chi connectivity index (χ1) is 7.34. The number of aliphatic hydroxyl groups is 1. The molecule has 0 bridgehead atoms. The number of aliphatic hydroxyl groups excluding tert-OH is 1. The predicted molar refractivity (Wildman–Crippen MR) is 53.1 cm³/mol. The molecule has 1 aromatic heterocycles. The minimum absolute atomic E-state index is 0.232. The maximum absolute atomic E-state index is 9.79. The van der Waals surface area contributed by atoms with Crippen LogP contribution in [0.3, 0.4) is 0 Å². The molecule has 0 saturated carbocycles. The van der Waals surface area contributed by atoms with Crippen LogP contribution >= 0.6 is 0 Å². The number of nitrogens with one attached hydrogen (secondary N) is 1. The fraction of sp³-hybridized carbons (Fsp3) is 0.778. The molecule has 0 spiro atoms. The van der Waals surface area contributed by atoms with Gasteiger partial charge in [-0.15, -0.1) is 10.2 Å². The smallest absolute Gasteiger partial charge is 0.147 e. The quantitative estimate of drug-likeness (QED) is 0.585. The van der Waals surface area contributed by atoms with E-state index in [2.05, 4.69) is 25.0 Å². The van der Waals surface area contributed by atoms with E-state index in [-0.39, 0.29) is 12.1 Å². The summed E-state index contributed by atoms with van der Waals surface area (Å²) in [6.07, 6.45) is 1.52. The molecule has 3 rings (SSSR count). The van der Waals surface area contributed by atoms with Crippen molar-refractivity contribution in [3.63, 3.8) is 0 Å². The zero-order chi connectivity index (χ0) is 10.3. The molecule has 2 aliphatic heterocycles. The van der Waals surface area contributed by atoms with E-state index >= 15 is 0 Å². The van der Waals surface area contributed by atoms with E-state index in [0.717, 1.165) is 32.0 Å². The second kappa shape index (κ2) is 3.55. The molecule has 2 atom stereocenters. The molecule has 0 radical (unpaired) electrons. The highest BCUT2D eigenvalue weighted by atomic mass is 16.3. The van der Waals surface area contributed by atoms with Gasteiger partial charge in [-0.3, -0.25) is 4.90 Å². The first-order valence-electron chi connectivity index (χ1n) is 5.34. The van der Waals surface area contributed by atoms with Gasteiger partial charge in [0.15, 0.2) is 0 Å². The highest BCUT2D eigenvalue weighted by molar-refractivity contribution is 4.96. The molecule has 82 valence electrons. The third-order valence-electron chi connectivity index (χ3n) is 3.29. The van der Waals surface area contributed by atoms with E-state index in [0.29, 0.717) is 6.54 Å². The number of fused-ring (bicyclic) bond motifs is 1. The molecule has 2 unspecified atom stereocenters. The highest BCUT2D eigenvalue weighted by Crippen LogP contribution is 2.16. The molecule has 6 nitrogen and oxygen atoms in total. The fourth-order valence-electron chi connectivity index (χ4n) is 2.39. The second-order valence-corrected chi connectivity index (χ2v) is 4.20. The first kappa shape index (κ1) is 9.26. The van der Waals surface area contributed by atoms with Gasteiger partial charge in [-0.1, -0.05) is 0 Å². The van der Waals surface area contributed by atoms with Crippen LogP contribution in [0.1, 0.15) is 5.82 Å². The summed E-state index contributed by atoms with van der Waals surface area (Å²) < 4.78 is 2.07. The lowest BCUT2D eigenvalue weighted by Gasteiger charge is -2.33. The molecule has 1 aromatic rings. The van der Waals surface area contributed by atoms with Crippen molar-refractivity contribution >= 4 is 0 Å². The van der Waals surface area contributed by atoms with Gasteiger partial charge in [0, 0.05) is 32.2 Å².